The molecule has 0 unspecified atom stereocenters. The molecule has 0 spiro atoms. The van der Waals surface area contributed by atoms with Crippen molar-refractivity contribution in [2.24, 2.45) is 0 Å². The molecule has 6 nitrogen and oxygen atoms in total. The van der Waals surface area contributed by atoms with Gasteiger partial charge in [0.2, 0.25) is 0 Å². The number of hydrogen-bond donors (Lipinski definition) is 1. The van der Waals surface area contributed by atoms with Gasteiger partial charge in [0, 0.05) is 29.0 Å². The monoisotopic (exact) mass is 438 g/mol. The summed E-state index contributed by atoms with van der Waals surface area (Å²) in [6.07, 6.45) is -0.0973. The van der Waals surface area contributed by atoms with E-state index in [1.54, 1.807) is 24.3 Å². The molecule has 1 amide bonds. The van der Waals surface area contributed by atoms with Gasteiger partial charge in [-0.3, -0.25) is 9.78 Å². The van der Waals surface area contributed by atoms with Crippen LogP contribution in [0, 0.1) is 6.92 Å². The van der Waals surface area contributed by atoms with Gasteiger partial charge in [-0.1, -0.05) is 0 Å². The maximum absolute atomic E-state index is 12.9. The second-order valence-corrected chi connectivity index (χ2v) is 7.02. The average Bonchev–Trinajstić information content (AvgIpc) is 2.79. The predicted octanol–water partition coefficient (Wildman–Crippen LogP) is 5.28. The molecule has 0 aliphatic heterocycles. The highest BCUT2D eigenvalue weighted by atomic mass is 19.4. The first kappa shape index (κ1) is 21.2. The van der Waals surface area contributed by atoms with Crippen LogP contribution in [0.5, 0.6) is 5.75 Å². The van der Waals surface area contributed by atoms with Crippen LogP contribution in [0.15, 0.2) is 61.1 Å². The molecule has 0 fully saturated rings. The minimum Gasteiger partial charge on any atom is -0.494 e. The summed E-state index contributed by atoms with van der Waals surface area (Å²) in [4.78, 5) is 25.1. The average molecular weight is 438 g/mol. The first-order valence-corrected chi connectivity index (χ1v) is 9.50. The molecule has 0 saturated carbocycles. The maximum Gasteiger partial charge on any atom is 0.416 e. The van der Waals surface area contributed by atoms with E-state index in [0.29, 0.717) is 39.3 Å². The van der Waals surface area contributed by atoms with Crippen LogP contribution in [-0.2, 0) is 6.18 Å². The highest BCUT2D eigenvalue weighted by molar-refractivity contribution is 6.06. The Kier molecular flexibility index (Phi) is 5.48. The molecule has 2 heterocycles. The van der Waals surface area contributed by atoms with Crippen LogP contribution in [0.1, 0.15) is 21.5 Å². The van der Waals surface area contributed by atoms with Crippen molar-refractivity contribution in [3.8, 4) is 17.1 Å². The van der Waals surface area contributed by atoms with Crippen LogP contribution in [0.25, 0.3) is 22.3 Å². The van der Waals surface area contributed by atoms with E-state index in [1.807, 2.05) is 6.92 Å². The molecule has 2 aromatic heterocycles. The number of nitrogens with zero attached hydrogens (tertiary/aromatic N) is 3. The Morgan fingerprint density at radius 3 is 2.59 bits per heavy atom. The van der Waals surface area contributed by atoms with Crippen molar-refractivity contribution in [1.29, 1.82) is 0 Å². The molecule has 0 aliphatic rings. The number of methoxy groups -OCH3 is 1. The van der Waals surface area contributed by atoms with Crippen molar-refractivity contribution in [3.05, 3.63) is 77.7 Å². The summed E-state index contributed by atoms with van der Waals surface area (Å²) in [5.74, 6) is 0.383. The van der Waals surface area contributed by atoms with Crippen LogP contribution in [0.2, 0.25) is 0 Å². The number of carbonyl (C=O) groups excluding carboxylic acids is 1. The summed E-state index contributed by atoms with van der Waals surface area (Å²) < 4.78 is 43.9. The Morgan fingerprint density at radius 2 is 1.88 bits per heavy atom. The molecule has 9 heteroatoms. The zero-order chi connectivity index (χ0) is 22.9. The minimum atomic E-state index is -4.43. The molecule has 32 heavy (non-hydrogen) atoms. The van der Waals surface area contributed by atoms with Gasteiger partial charge in [-0.05, 0) is 55.0 Å². The SMILES string of the molecule is COc1cnccc1C(=O)Nc1ccc(-c2ncc3cc(C(F)(F)F)ccc3n2)cc1C. The fourth-order valence-corrected chi connectivity index (χ4v) is 3.21. The Bertz CT molecular complexity index is 1320. The van der Waals surface area contributed by atoms with Crippen molar-refractivity contribution >= 4 is 22.5 Å². The van der Waals surface area contributed by atoms with E-state index in [-0.39, 0.29) is 5.91 Å². The Hall–Kier alpha value is -4.01. The number of alkyl halides is 3. The maximum atomic E-state index is 12.9. The van der Waals surface area contributed by atoms with Gasteiger partial charge in [-0.15, -0.1) is 0 Å². The van der Waals surface area contributed by atoms with E-state index in [4.69, 9.17) is 4.74 Å². The topological polar surface area (TPSA) is 77.0 Å². The molecule has 1 N–H and O–H groups in total. The molecule has 2 aromatic carbocycles. The highest BCUT2D eigenvalue weighted by Gasteiger charge is 2.30. The Morgan fingerprint density at radius 1 is 1.06 bits per heavy atom. The smallest absolute Gasteiger partial charge is 0.416 e. The third-order valence-electron chi connectivity index (χ3n) is 4.89. The fraction of sp³-hybridized carbons (Fsp3) is 0.130. The molecule has 0 bridgehead atoms. The number of nitrogens with one attached hydrogen (secondary N) is 1. The lowest BCUT2D eigenvalue weighted by Gasteiger charge is -2.12. The van der Waals surface area contributed by atoms with Crippen LogP contribution in [0.3, 0.4) is 0 Å². The minimum absolute atomic E-state index is 0.301. The van der Waals surface area contributed by atoms with E-state index in [9.17, 15) is 18.0 Å². The lowest BCUT2D eigenvalue weighted by molar-refractivity contribution is -0.137. The van der Waals surface area contributed by atoms with E-state index in [1.165, 1.54) is 31.8 Å². The summed E-state index contributed by atoms with van der Waals surface area (Å²) in [7, 11) is 1.46. The molecule has 0 radical (unpaired) electrons. The molecule has 4 rings (SSSR count). The number of pyridine rings is 1. The third kappa shape index (κ3) is 4.22. The lowest BCUT2D eigenvalue weighted by Crippen LogP contribution is -2.14. The van der Waals surface area contributed by atoms with Crippen molar-refractivity contribution in [1.82, 2.24) is 15.0 Å². The van der Waals surface area contributed by atoms with Gasteiger partial charge in [-0.2, -0.15) is 13.2 Å². The Balaban J connectivity index is 1.60. The van der Waals surface area contributed by atoms with Gasteiger partial charge in [0.05, 0.1) is 30.0 Å². The molecule has 0 atom stereocenters. The number of hydrogen-bond acceptors (Lipinski definition) is 5. The highest BCUT2D eigenvalue weighted by Crippen LogP contribution is 2.31. The number of benzene rings is 2. The number of anilines is 1. The summed E-state index contributed by atoms with van der Waals surface area (Å²) in [6, 6.07) is 10.2. The number of carbonyl (C=O) groups is 1. The van der Waals surface area contributed by atoms with Gasteiger partial charge in [0.1, 0.15) is 5.75 Å². The van der Waals surface area contributed by atoms with Crippen LogP contribution >= 0.6 is 0 Å². The van der Waals surface area contributed by atoms with E-state index >= 15 is 0 Å². The van der Waals surface area contributed by atoms with Crippen molar-refractivity contribution in [2.45, 2.75) is 13.1 Å². The van der Waals surface area contributed by atoms with Gasteiger partial charge in [-0.25, -0.2) is 9.97 Å². The first-order valence-electron chi connectivity index (χ1n) is 9.50. The number of fused-ring (bicyclic) bond motifs is 1. The summed E-state index contributed by atoms with van der Waals surface area (Å²) in [6.45, 7) is 1.82. The zero-order valence-electron chi connectivity index (χ0n) is 17.1. The fourth-order valence-electron chi connectivity index (χ4n) is 3.21. The normalized spacial score (nSPS) is 11.4. The van der Waals surface area contributed by atoms with E-state index < -0.39 is 11.7 Å². The standard InChI is InChI=1S/C23H17F3N4O2/c1-13-9-14(3-5-18(13)30-22(31)17-7-8-27-12-20(17)32-2)21-28-11-15-10-16(23(24,25)26)4-6-19(15)29-21/h3-12H,1-2H3,(H,30,31). The van der Waals surface area contributed by atoms with Gasteiger partial charge in [0.25, 0.3) is 5.91 Å². The van der Waals surface area contributed by atoms with Crippen LogP contribution in [-0.4, -0.2) is 28.0 Å². The van der Waals surface area contributed by atoms with Crippen LogP contribution < -0.4 is 10.1 Å². The third-order valence-corrected chi connectivity index (χ3v) is 4.89. The number of aromatic nitrogens is 3. The predicted molar refractivity (Wildman–Crippen MR) is 113 cm³/mol. The Labute approximate surface area is 181 Å². The number of ether oxygens (including phenoxy) is 1. The van der Waals surface area contributed by atoms with E-state index in [0.717, 1.165) is 17.7 Å². The number of halogens is 3. The number of amides is 1. The molecular formula is C23H17F3N4O2. The van der Waals surface area contributed by atoms with Gasteiger partial charge >= 0.3 is 6.18 Å². The number of aryl methyl sites for hydroxylation is 1. The summed E-state index contributed by atoms with van der Waals surface area (Å²) in [5, 5.41) is 3.14. The van der Waals surface area contributed by atoms with Gasteiger partial charge in [0.15, 0.2) is 5.82 Å². The van der Waals surface area contributed by atoms with Crippen molar-refractivity contribution < 1.29 is 22.7 Å². The molecule has 0 aliphatic carbocycles. The lowest BCUT2D eigenvalue weighted by atomic mass is 10.1. The largest absolute Gasteiger partial charge is 0.494 e. The van der Waals surface area contributed by atoms with E-state index in [2.05, 4.69) is 20.3 Å². The van der Waals surface area contributed by atoms with Crippen molar-refractivity contribution in [3.63, 3.8) is 0 Å². The molecule has 4 aromatic rings. The molecule has 162 valence electrons. The quantitative estimate of drug-likeness (QED) is 0.469. The molecular weight excluding hydrogens is 421 g/mol. The zero-order valence-corrected chi connectivity index (χ0v) is 17.1. The first-order chi connectivity index (χ1) is 15.3. The summed E-state index contributed by atoms with van der Waals surface area (Å²) >= 11 is 0. The number of rotatable bonds is 4. The van der Waals surface area contributed by atoms with Gasteiger partial charge < -0.3 is 10.1 Å². The second kappa shape index (κ2) is 8.26. The summed E-state index contributed by atoms with van der Waals surface area (Å²) in [5.41, 5.74) is 2.03. The second-order valence-electron chi connectivity index (χ2n) is 7.02. The molecule has 0 saturated heterocycles. The van der Waals surface area contributed by atoms with Crippen LogP contribution in [0.4, 0.5) is 18.9 Å². The van der Waals surface area contributed by atoms with Crippen molar-refractivity contribution in [2.75, 3.05) is 12.4 Å².